The Labute approximate surface area is 98.1 Å². The van der Waals surface area contributed by atoms with Gasteiger partial charge in [-0.1, -0.05) is 0 Å². The molecule has 0 aromatic carbocycles. The predicted molar refractivity (Wildman–Crippen MR) is 63.4 cm³/mol. The maximum absolute atomic E-state index is 11.3. The van der Waals surface area contributed by atoms with Gasteiger partial charge in [-0.25, -0.2) is 0 Å². The lowest BCUT2D eigenvalue weighted by Crippen LogP contribution is -2.38. The molecule has 0 spiro atoms. The van der Waals surface area contributed by atoms with E-state index in [9.17, 15) is 4.79 Å². The number of hydrogen-bond acceptors (Lipinski definition) is 3. The number of carbonyl (C=O) groups excluding carboxylic acids is 1. The fourth-order valence-corrected chi connectivity index (χ4v) is 2.30. The summed E-state index contributed by atoms with van der Waals surface area (Å²) < 4.78 is 5.62. The Balaban J connectivity index is 1.58. The second-order valence-corrected chi connectivity index (χ2v) is 5.29. The zero-order valence-electron chi connectivity index (χ0n) is 10.3. The monoisotopic (exact) mass is 225 g/mol. The van der Waals surface area contributed by atoms with Crippen LogP contribution in [0.5, 0.6) is 0 Å². The lowest BCUT2D eigenvalue weighted by molar-refractivity contribution is -0.121. The smallest absolute Gasteiger partial charge is 0.134 e. The lowest BCUT2D eigenvalue weighted by atomic mass is 9.93. The highest BCUT2D eigenvalue weighted by Gasteiger charge is 2.23. The van der Waals surface area contributed by atoms with Gasteiger partial charge in [0, 0.05) is 32.0 Å². The summed E-state index contributed by atoms with van der Waals surface area (Å²) in [6.07, 6.45) is 6.49. The third-order valence-corrected chi connectivity index (χ3v) is 3.72. The number of ether oxygens (including phenoxy) is 1. The molecule has 0 bridgehead atoms. The van der Waals surface area contributed by atoms with E-state index < -0.39 is 0 Å². The topological polar surface area (TPSA) is 29.5 Å². The summed E-state index contributed by atoms with van der Waals surface area (Å²) >= 11 is 0. The molecule has 0 radical (unpaired) electrons. The fourth-order valence-electron chi connectivity index (χ4n) is 2.30. The van der Waals surface area contributed by atoms with Gasteiger partial charge >= 0.3 is 0 Å². The molecule has 92 valence electrons. The van der Waals surface area contributed by atoms with E-state index in [1.54, 1.807) is 0 Å². The van der Waals surface area contributed by atoms with Gasteiger partial charge in [0.15, 0.2) is 0 Å². The molecular weight excluding hydrogens is 202 g/mol. The Bertz CT molecular complexity index is 238. The summed E-state index contributed by atoms with van der Waals surface area (Å²) in [6, 6.07) is 0.464. The van der Waals surface area contributed by atoms with Gasteiger partial charge < -0.3 is 9.64 Å². The van der Waals surface area contributed by atoms with E-state index in [4.69, 9.17) is 4.74 Å². The predicted octanol–water partition coefficient (Wildman–Crippen LogP) is 1.86. The first-order chi connectivity index (χ1) is 7.75. The van der Waals surface area contributed by atoms with Crippen molar-refractivity contribution in [1.29, 1.82) is 0 Å². The third kappa shape index (κ3) is 3.87. The molecule has 2 fully saturated rings. The van der Waals surface area contributed by atoms with Crippen molar-refractivity contribution >= 4 is 5.78 Å². The van der Waals surface area contributed by atoms with Crippen LogP contribution in [0.15, 0.2) is 0 Å². The van der Waals surface area contributed by atoms with Crippen molar-refractivity contribution in [3.63, 3.8) is 0 Å². The van der Waals surface area contributed by atoms with Crippen LogP contribution in [-0.2, 0) is 9.53 Å². The first kappa shape index (κ1) is 12.1. The highest BCUT2D eigenvalue weighted by molar-refractivity contribution is 5.79. The molecule has 0 heterocycles. The zero-order valence-corrected chi connectivity index (χ0v) is 10.3. The average Bonchev–Trinajstić information content (AvgIpc) is 3.08. The molecule has 1 atom stereocenters. The summed E-state index contributed by atoms with van der Waals surface area (Å²) in [4.78, 5) is 13.6. The molecule has 3 nitrogen and oxygen atoms in total. The fraction of sp³-hybridized carbons (Fsp3) is 0.923. The number of ketones is 1. The molecule has 0 amide bonds. The second-order valence-electron chi connectivity index (χ2n) is 5.29. The van der Waals surface area contributed by atoms with E-state index in [0.29, 0.717) is 11.8 Å². The van der Waals surface area contributed by atoms with Crippen LogP contribution >= 0.6 is 0 Å². The maximum atomic E-state index is 11.3. The van der Waals surface area contributed by atoms with E-state index >= 15 is 0 Å². The molecule has 2 aliphatic carbocycles. The normalized spacial score (nSPS) is 26.4. The van der Waals surface area contributed by atoms with E-state index in [2.05, 4.69) is 11.9 Å². The minimum atomic E-state index is 0.432. The first-order valence-corrected chi connectivity index (χ1v) is 6.55. The van der Waals surface area contributed by atoms with Crippen molar-refractivity contribution in [2.45, 2.75) is 44.6 Å². The number of Topliss-reactive ketones (excluding diaryl/α,β-unsaturated/α-hetero) is 1. The summed E-state index contributed by atoms with van der Waals surface area (Å²) in [5.41, 5.74) is 0. The molecule has 0 saturated heterocycles. The van der Waals surface area contributed by atoms with Crippen LogP contribution in [-0.4, -0.2) is 43.5 Å². The van der Waals surface area contributed by atoms with Crippen molar-refractivity contribution in [3.05, 3.63) is 0 Å². The van der Waals surface area contributed by atoms with Crippen LogP contribution in [0.2, 0.25) is 0 Å². The van der Waals surface area contributed by atoms with Crippen LogP contribution in [0.3, 0.4) is 0 Å². The second kappa shape index (κ2) is 5.78. The van der Waals surface area contributed by atoms with Gasteiger partial charge in [0.1, 0.15) is 5.78 Å². The minimum absolute atomic E-state index is 0.432. The van der Waals surface area contributed by atoms with Crippen molar-refractivity contribution in [2.24, 2.45) is 5.92 Å². The number of likely N-dealkylation sites (N-methyl/N-ethyl adjacent to an activating group) is 1. The Morgan fingerprint density at radius 3 is 2.88 bits per heavy atom. The van der Waals surface area contributed by atoms with Gasteiger partial charge in [-0.3, -0.25) is 4.79 Å². The summed E-state index contributed by atoms with van der Waals surface area (Å²) in [5, 5.41) is 0. The SMILES string of the molecule is CN(CCOCC1CC1)C1CCCC(=O)C1. The molecule has 2 saturated carbocycles. The Kier molecular flexibility index (Phi) is 4.36. The molecule has 0 aromatic heterocycles. The molecule has 1 unspecified atom stereocenters. The quantitative estimate of drug-likeness (QED) is 0.646. The van der Waals surface area contributed by atoms with E-state index in [1.165, 1.54) is 19.3 Å². The number of nitrogens with zero attached hydrogens (tertiary/aromatic N) is 1. The average molecular weight is 225 g/mol. The van der Waals surface area contributed by atoms with Crippen LogP contribution < -0.4 is 0 Å². The molecule has 0 aromatic rings. The first-order valence-electron chi connectivity index (χ1n) is 6.55. The summed E-state index contributed by atoms with van der Waals surface area (Å²) in [6.45, 7) is 2.72. The van der Waals surface area contributed by atoms with Crippen LogP contribution in [0, 0.1) is 5.92 Å². The highest BCUT2D eigenvalue weighted by Crippen LogP contribution is 2.28. The largest absolute Gasteiger partial charge is 0.380 e. The minimum Gasteiger partial charge on any atom is -0.380 e. The van der Waals surface area contributed by atoms with Crippen LogP contribution in [0.4, 0.5) is 0 Å². The van der Waals surface area contributed by atoms with Crippen molar-refractivity contribution in [3.8, 4) is 0 Å². The van der Waals surface area contributed by atoms with E-state index in [0.717, 1.165) is 44.9 Å². The van der Waals surface area contributed by atoms with E-state index in [-0.39, 0.29) is 0 Å². The third-order valence-electron chi connectivity index (χ3n) is 3.72. The Hall–Kier alpha value is -0.410. The molecule has 3 heteroatoms. The Morgan fingerprint density at radius 2 is 2.19 bits per heavy atom. The summed E-state index contributed by atoms with van der Waals surface area (Å²) in [7, 11) is 2.11. The van der Waals surface area contributed by atoms with Gasteiger partial charge in [0.05, 0.1) is 6.61 Å². The highest BCUT2D eigenvalue weighted by atomic mass is 16.5. The van der Waals surface area contributed by atoms with Gasteiger partial charge in [-0.05, 0) is 38.6 Å². The summed E-state index contributed by atoms with van der Waals surface area (Å²) in [5.74, 6) is 1.28. The van der Waals surface area contributed by atoms with Crippen molar-refractivity contribution < 1.29 is 9.53 Å². The Morgan fingerprint density at radius 1 is 1.38 bits per heavy atom. The van der Waals surface area contributed by atoms with Crippen LogP contribution in [0.25, 0.3) is 0 Å². The van der Waals surface area contributed by atoms with Crippen molar-refractivity contribution in [2.75, 3.05) is 26.8 Å². The van der Waals surface area contributed by atoms with Crippen LogP contribution in [0.1, 0.15) is 38.5 Å². The number of carbonyl (C=O) groups is 1. The zero-order chi connectivity index (χ0) is 11.4. The van der Waals surface area contributed by atoms with Gasteiger partial charge in [-0.15, -0.1) is 0 Å². The number of rotatable bonds is 6. The van der Waals surface area contributed by atoms with Gasteiger partial charge in [-0.2, -0.15) is 0 Å². The lowest BCUT2D eigenvalue weighted by Gasteiger charge is -2.30. The van der Waals surface area contributed by atoms with Gasteiger partial charge in [0.25, 0.3) is 0 Å². The maximum Gasteiger partial charge on any atom is 0.134 e. The molecule has 0 N–H and O–H groups in total. The standard InChI is InChI=1S/C13H23NO2/c1-14(7-8-16-10-11-5-6-11)12-3-2-4-13(15)9-12/h11-12H,2-10H2,1H3. The molecule has 16 heavy (non-hydrogen) atoms. The molecule has 2 aliphatic rings. The van der Waals surface area contributed by atoms with Gasteiger partial charge in [0.2, 0.25) is 0 Å². The number of hydrogen-bond donors (Lipinski definition) is 0. The molecule has 2 rings (SSSR count). The van der Waals surface area contributed by atoms with Crippen molar-refractivity contribution in [1.82, 2.24) is 4.90 Å². The molecular formula is C13H23NO2. The molecule has 0 aliphatic heterocycles. The van der Waals surface area contributed by atoms with E-state index in [1.807, 2.05) is 0 Å².